The van der Waals surface area contributed by atoms with Crippen LogP contribution < -0.4 is 14.8 Å². The van der Waals surface area contributed by atoms with Crippen molar-refractivity contribution in [1.82, 2.24) is 4.98 Å². The van der Waals surface area contributed by atoms with Crippen molar-refractivity contribution < 1.29 is 9.47 Å². The number of nitrogens with one attached hydrogen (secondary N) is 1. The summed E-state index contributed by atoms with van der Waals surface area (Å²) in [5, 5.41) is 4.90. The van der Waals surface area contributed by atoms with Crippen molar-refractivity contribution in [2.45, 2.75) is 38.5 Å². The van der Waals surface area contributed by atoms with Gasteiger partial charge in [0.05, 0.1) is 19.7 Å². The first kappa shape index (κ1) is 14.6. The molecule has 2 aromatic rings. The Morgan fingerprint density at radius 1 is 1.09 bits per heavy atom. The molecule has 0 saturated heterocycles. The van der Waals surface area contributed by atoms with Crippen molar-refractivity contribution in [3.8, 4) is 11.5 Å². The average molecular weight is 312 g/mol. The molecule has 0 bridgehead atoms. The van der Waals surface area contributed by atoms with Crippen LogP contribution in [-0.4, -0.2) is 25.7 Å². The molecule has 1 heterocycles. The van der Waals surface area contributed by atoms with E-state index >= 15 is 0 Å². The molecule has 0 atom stereocenters. The number of aromatic nitrogens is 1. The van der Waals surface area contributed by atoms with Gasteiger partial charge in [-0.2, -0.15) is 0 Å². The van der Waals surface area contributed by atoms with E-state index in [1.165, 1.54) is 42.6 Å². The molecule has 2 aliphatic carbocycles. The Morgan fingerprint density at radius 3 is 2.57 bits per heavy atom. The molecule has 1 aromatic carbocycles. The molecule has 0 radical (unpaired) electrons. The number of hydrogen-bond donors (Lipinski definition) is 1. The highest BCUT2D eigenvalue weighted by Gasteiger charge is 2.23. The summed E-state index contributed by atoms with van der Waals surface area (Å²) in [6, 6.07) is 4.07. The Kier molecular flexibility index (Phi) is 3.76. The Labute approximate surface area is 137 Å². The fraction of sp³-hybridized carbons (Fsp3) is 0.526. The summed E-state index contributed by atoms with van der Waals surface area (Å²) in [4.78, 5) is 4.89. The first-order valence-electron chi connectivity index (χ1n) is 8.61. The van der Waals surface area contributed by atoms with Gasteiger partial charge >= 0.3 is 0 Å². The number of ether oxygens (including phenoxy) is 2. The van der Waals surface area contributed by atoms with E-state index in [0.717, 1.165) is 47.7 Å². The normalized spacial score (nSPS) is 17.0. The minimum atomic E-state index is 0.746. The van der Waals surface area contributed by atoms with Crippen molar-refractivity contribution in [1.29, 1.82) is 0 Å². The van der Waals surface area contributed by atoms with Gasteiger partial charge in [0.2, 0.25) is 0 Å². The van der Waals surface area contributed by atoms with Crippen LogP contribution in [0.2, 0.25) is 0 Å². The molecule has 1 N–H and O–H groups in total. The van der Waals surface area contributed by atoms with Gasteiger partial charge in [0, 0.05) is 29.4 Å². The standard InChI is InChI=1S/C19H24N2O2/c1-22-17-9-14-16(10-18(17)23-2)21-15-8-4-7-13(15)19(14)20-11-12-5-3-6-12/h9-10,12H,3-8,11H2,1-2H3,(H,20,21). The molecule has 2 aliphatic rings. The Balaban J connectivity index is 1.82. The Hall–Kier alpha value is -1.97. The highest BCUT2D eigenvalue weighted by molar-refractivity contribution is 5.96. The number of nitrogens with zero attached hydrogens (tertiary/aromatic N) is 1. The second kappa shape index (κ2) is 5.91. The summed E-state index contributed by atoms with van der Waals surface area (Å²) in [5.41, 5.74) is 4.93. The third-order valence-corrected chi connectivity index (χ3v) is 5.31. The molecular formula is C19H24N2O2. The minimum Gasteiger partial charge on any atom is -0.493 e. The lowest BCUT2D eigenvalue weighted by molar-refractivity contribution is 0.333. The van der Waals surface area contributed by atoms with Crippen LogP contribution in [0.3, 0.4) is 0 Å². The van der Waals surface area contributed by atoms with Crippen LogP contribution in [0.1, 0.15) is 36.9 Å². The number of aryl methyl sites for hydroxylation is 1. The predicted molar refractivity (Wildman–Crippen MR) is 92.7 cm³/mol. The fourth-order valence-electron chi connectivity index (χ4n) is 3.73. The van der Waals surface area contributed by atoms with E-state index in [2.05, 4.69) is 11.4 Å². The first-order valence-corrected chi connectivity index (χ1v) is 8.61. The van der Waals surface area contributed by atoms with Crippen molar-refractivity contribution in [2.24, 2.45) is 5.92 Å². The van der Waals surface area contributed by atoms with Crippen LogP contribution >= 0.6 is 0 Å². The fourth-order valence-corrected chi connectivity index (χ4v) is 3.73. The molecule has 1 saturated carbocycles. The summed E-state index contributed by atoms with van der Waals surface area (Å²) < 4.78 is 10.9. The van der Waals surface area contributed by atoms with Gasteiger partial charge in [0.25, 0.3) is 0 Å². The van der Waals surface area contributed by atoms with Crippen LogP contribution in [-0.2, 0) is 12.8 Å². The molecule has 122 valence electrons. The largest absolute Gasteiger partial charge is 0.493 e. The Bertz CT molecular complexity index is 738. The SMILES string of the molecule is COc1cc2nc3c(c(NCC4CCC4)c2cc1OC)CCC3. The molecule has 4 rings (SSSR count). The van der Waals surface area contributed by atoms with E-state index in [0.29, 0.717) is 0 Å². The lowest BCUT2D eigenvalue weighted by Crippen LogP contribution is -2.21. The monoisotopic (exact) mass is 312 g/mol. The highest BCUT2D eigenvalue weighted by Crippen LogP contribution is 2.40. The van der Waals surface area contributed by atoms with Crippen molar-refractivity contribution in [3.63, 3.8) is 0 Å². The second-order valence-corrected chi connectivity index (χ2v) is 6.67. The van der Waals surface area contributed by atoms with Crippen LogP contribution in [0.25, 0.3) is 10.9 Å². The molecule has 0 unspecified atom stereocenters. The topological polar surface area (TPSA) is 43.4 Å². The quantitative estimate of drug-likeness (QED) is 0.908. The van der Waals surface area contributed by atoms with E-state index in [1.54, 1.807) is 14.2 Å². The minimum absolute atomic E-state index is 0.746. The Morgan fingerprint density at radius 2 is 1.87 bits per heavy atom. The van der Waals surface area contributed by atoms with E-state index < -0.39 is 0 Å². The maximum atomic E-state index is 5.50. The number of rotatable bonds is 5. The van der Waals surface area contributed by atoms with Crippen LogP contribution in [0.5, 0.6) is 11.5 Å². The van der Waals surface area contributed by atoms with Gasteiger partial charge in [0.15, 0.2) is 11.5 Å². The molecule has 4 heteroatoms. The zero-order valence-corrected chi connectivity index (χ0v) is 13.9. The summed E-state index contributed by atoms with van der Waals surface area (Å²) in [6.07, 6.45) is 7.50. The van der Waals surface area contributed by atoms with E-state index in [1.807, 2.05) is 6.07 Å². The molecule has 0 spiro atoms. The zero-order valence-electron chi connectivity index (χ0n) is 13.9. The smallest absolute Gasteiger partial charge is 0.162 e. The van der Waals surface area contributed by atoms with Gasteiger partial charge in [-0.05, 0) is 49.7 Å². The summed E-state index contributed by atoms with van der Waals surface area (Å²) in [5.74, 6) is 2.34. The molecule has 0 amide bonds. The zero-order chi connectivity index (χ0) is 15.8. The van der Waals surface area contributed by atoms with Gasteiger partial charge in [-0.15, -0.1) is 0 Å². The third kappa shape index (κ3) is 2.50. The van der Waals surface area contributed by atoms with Crippen molar-refractivity contribution in [3.05, 3.63) is 23.4 Å². The van der Waals surface area contributed by atoms with Gasteiger partial charge in [-0.1, -0.05) is 6.42 Å². The van der Waals surface area contributed by atoms with Crippen LogP contribution in [0.15, 0.2) is 12.1 Å². The second-order valence-electron chi connectivity index (χ2n) is 6.67. The number of fused-ring (bicyclic) bond motifs is 2. The molecule has 1 aromatic heterocycles. The first-order chi connectivity index (χ1) is 11.3. The highest BCUT2D eigenvalue weighted by atomic mass is 16.5. The average Bonchev–Trinajstić information content (AvgIpc) is 2.99. The van der Waals surface area contributed by atoms with E-state index in [4.69, 9.17) is 14.5 Å². The van der Waals surface area contributed by atoms with Crippen LogP contribution in [0.4, 0.5) is 5.69 Å². The summed E-state index contributed by atoms with van der Waals surface area (Å²) in [7, 11) is 3.36. The number of benzene rings is 1. The number of pyridine rings is 1. The van der Waals surface area contributed by atoms with Gasteiger partial charge in [0.1, 0.15) is 0 Å². The van der Waals surface area contributed by atoms with E-state index in [-0.39, 0.29) is 0 Å². The maximum Gasteiger partial charge on any atom is 0.162 e. The lowest BCUT2D eigenvalue weighted by Gasteiger charge is -2.27. The number of hydrogen-bond acceptors (Lipinski definition) is 4. The molecule has 23 heavy (non-hydrogen) atoms. The molecule has 1 fully saturated rings. The molecule has 0 aliphatic heterocycles. The van der Waals surface area contributed by atoms with Gasteiger partial charge in [-0.3, -0.25) is 4.98 Å². The van der Waals surface area contributed by atoms with Gasteiger partial charge in [-0.25, -0.2) is 0 Å². The maximum absolute atomic E-state index is 5.50. The lowest BCUT2D eigenvalue weighted by atomic mass is 9.85. The summed E-state index contributed by atoms with van der Waals surface area (Å²) >= 11 is 0. The summed E-state index contributed by atoms with van der Waals surface area (Å²) in [6.45, 7) is 1.07. The van der Waals surface area contributed by atoms with E-state index in [9.17, 15) is 0 Å². The number of methoxy groups -OCH3 is 2. The molecular weight excluding hydrogens is 288 g/mol. The van der Waals surface area contributed by atoms with Crippen molar-refractivity contribution in [2.75, 3.05) is 26.1 Å². The molecule has 4 nitrogen and oxygen atoms in total. The third-order valence-electron chi connectivity index (χ3n) is 5.31. The van der Waals surface area contributed by atoms with Crippen LogP contribution in [0, 0.1) is 5.92 Å². The predicted octanol–water partition coefficient (Wildman–Crippen LogP) is 3.95. The number of anilines is 1. The van der Waals surface area contributed by atoms with Crippen molar-refractivity contribution >= 4 is 16.6 Å². The van der Waals surface area contributed by atoms with Gasteiger partial charge < -0.3 is 14.8 Å².